The molecule has 5 nitrogen and oxygen atoms in total. The summed E-state index contributed by atoms with van der Waals surface area (Å²) in [6, 6.07) is 7.36. The highest BCUT2D eigenvalue weighted by molar-refractivity contribution is 5.32. The minimum atomic E-state index is -0.569. The molecule has 118 valence electrons. The molecule has 0 bridgehead atoms. The Morgan fingerprint density at radius 2 is 2.24 bits per heavy atom. The molecular weight excluding hydrogens is 270 g/mol. The molecule has 1 aromatic carbocycles. The number of aliphatic hydroxyl groups is 1. The van der Waals surface area contributed by atoms with Crippen molar-refractivity contribution in [2.45, 2.75) is 38.0 Å². The maximum atomic E-state index is 10.0. The summed E-state index contributed by atoms with van der Waals surface area (Å²) in [4.78, 5) is 0. The fourth-order valence-electron chi connectivity index (χ4n) is 2.36. The Morgan fingerprint density at radius 1 is 1.48 bits per heavy atom. The van der Waals surface area contributed by atoms with Gasteiger partial charge in [-0.1, -0.05) is 6.07 Å². The molecular formula is C16H25NO4. The van der Waals surface area contributed by atoms with Crippen molar-refractivity contribution in [3.8, 4) is 11.5 Å². The molecule has 1 aliphatic heterocycles. The number of rotatable bonds is 7. The van der Waals surface area contributed by atoms with Crippen LogP contribution in [-0.4, -0.2) is 49.7 Å². The van der Waals surface area contributed by atoms with Gasteiger partial charge >= 0.3 is 0 Å². The smallest absolute Gasteiger partial charge is 0.123 e. The number of benzene rings is 1. The molecule has 1 saturated heterocycles. The van der Waals surface area contributed by atoms with Crippen LogP contribution in [0.5, 0.6) is 11.5 Å². The van der Waals surface area contributed by atoms with E-state index in [1.54, 1.807) is 13.2 Å². The number of aliphatic hydroxyl groups excluding tert-OH is 1. The van der Waals surface area contributed by atoms with Crippen LogP contribution in [-0.2, 0) is 4.74 Å². The maximum absolute atomic E-state index is 10.0. The van der Waals surface area contributed by atoms with Crippen LogP contribution >= 0.6 is 0 Å². The molecule has 0 aliphatic carbocycles. The van der Waals surface area contributed by atoms with Crippen molar-refractivity contribution in [1.29, 1.82) is 0 Å². The number of β-amino-alcohol motifs (C(OH)–C–C–N with tert-alkyl or cyclic N) is 1. The van der Waals surface area contributed by atoms with Crippen LogP contribution in [0.4, 0.5) is 0 Å². The number of hydrogen-bond donors (Lipinski definition) is 2. The Bertz CT molecular complexity index is 454. The van der Waals surface area contributed by atoms with E-state index in [-0.39, 0.29) is 18.2 Å². The van der Waals surface area contributed by atoms with Crippen LogP contribution in [0.15, 0.2) is 24.3 Å². The number of nitrogens with one attached hydrogen (secondary N) is 1. The van der Waals surface area contributed by atoms with Gasteiger partial charge in [0.25, 0.3) is 0 Å². The van der Waals surface area contributed by atoms with E-state index in [0.29, 0.717) is 12.3 Å². The fourth-order valence-corrected chi connectivity index (χ4v) is 2.36. The molecule has 0 spiro atoms. The lowest BCUT2D eigenvalue weighted by atomic mass is 9.94. The Morgan fingerprint density at radius 3 is 2.90 bits per heavy atom. The molecule has 3 atom stereocenters. The fraction of sp³-hybridized carbons (Fsp3) is 0.625. The Balaban J connectivity index is 1.75. The van der Waals surface area contributed by atoms with Crippen LogP contribution in [0.1, 0.15) is 20.3 Å². The summed E-state index contributed by atoms with van der Waals surface area (Å²) in [5, 5.41) is 13.4. The summed E-state index contributed by atoms with van der Waals surface area (Å²) in [5.41, 5.74) is -0.0725. The number of ether oxygens (including phenoxy) is 3. The third-order valence-corrected chi connectivity index (χ3v) is 4.11. The standard InChI is InChI=1S/C16H25NO4/c1-12-16(2,7-8-20-12)17-10-13(18)11-21-15-6-4-5-14(9-15)19-3/h4-6,9,12-13,17-18H,7-8,10-11H2,1-3H3. The molecule has 2 rings (SSSR count). The molecule has 1 fully saturated rings. The first kappa shape index (κ1) is 16.1. The second-order valence-electron chi connectivity index (χ2n) is 5.71. The molecule has 0 amide bonds. The summed E-state index contributed by atoms with van der Waals surface area (Å²) in [6.07, 6.45) is 0.544. The average molecular weight is 295 g/mol. The van der Waals surface area contributed by atoms with Gasteiger partial charge in [0.05, 0.1) is 13.2 Å². The van der Waals surface area contributed by atoms with Gasteiger partial charge in [0.1, 0.15) is 24.2 Å². The lowest BCUT2D eigenvalue weighted by Gasteiger charge is -2.30. The highest BCUT2D eigenvalue weighted by atomic mass is 16.5. The predicted octanol–water partition coefficient (Wildman–Crippen LogP) is 1.59. The predicted molar refractivity (Wildman–Crippen MR) is 80.9 cm³/mol. The van der Waals surface area contributed by atoms with Crippen LogP contribution in [0.25, 0.3) is 0 Å². The summed E-state index contributed by atoms with van der Waals surface area (Å²) in [5.74, 6) is 1.43. The van der Waals surface area contributed by atoms with E-state index in [2.05, 4.69) is 19.2 Å². The summed E-state index contributed by atoms with van der Waals surface area (Å²) in [6.45, 7) is 5.67. The van der Waals surface area contributed by atoms with Crippen molar-refractivity contribution in [2.24, 2.45) is 0 Å². The van der Waals surface area contributed by atoms with E-state index >= 15 is 0 Å². The van der Waals surface area contributed by atoms with E-state index in [9.17, 15) is 5.11 Å². The lowest BCUT2D eigenvalue weighted by Crippen LogP contribution is -2.51. The molecule has 0 saturated carbocycles. The van der Waals surface area contributed by atoms with E-state index in [1.165, 1.54) is 0 Å². The summed E-state index contributed by atoms with van der Waals surface area (Å²) >= 11 is 0. The molecule has 5 heteroatoms. The van der Waals surface area contributed by atoms with Crippen LogP contribution in [0.2, 0.25) is 0 Å². The Hall–Kier alpha value is -1.30. The Labute approximate surface area is 126 Å². The summed E-state index contributed by atoms with van der Waals surface area (Å²) in [7, 11) is 1.61. The minimum absolute atomic E-state index is 0.0725. The van der Waals surface area contributed by atoms with Crippen molar-refractivity contribution in [3.63, 3.8) is 0 Å². The van der Waals surface area contributed by atoms with Crippen molar-refractivity contribution < 1.29 is 19.3 Å². The highest BCUT2D eigenvalue weighted by Crippen LogP contribution is 2.25. The zero-order valence-corrected chi connectivity index (χ0v) is 13.0. The zero-order chi connectivity index (χ0) is 15.3. The first-order chi connectivity index (χ1) is 10.0. The largest absolute Gasteiger partial charge is 0.497 e. The highest BCUT2D eigenvalue weighted by Gasteiger charge is 2.36. The van der Waals surface area contributed by atoms with Crippen molar-refractivity contribution in [2.75, 3.05) is 26.9 Å². The molecule has 0 radical (unpaired) electrons. The zero-order valence-electron chi connectivity index (χ0n) is 13.0. The van der Waals surface area contributed by atoms with Gasteiger partial charge in [-0.3, -0.25) is 0 Å². The van der Waals surface area contributed by atoms with Crippen LogP contribution in [0.3, 0.4) is 0 Å². The van der Waals surface area contributed by atoms with Crippen molar-refractivity contribution in [3.05, 3.63) is 24.3 Å². The van der Waals surface area contributed by atoms with Crippen LogP contribution in [0, 0.1) is 0 Å². The summed E-state index contributed by atoms with van der Waals surface area (Å²) < 4.78 is 16.3. The van der Waals surface area contributed by atoms with Crippen molar-refractivity contribution in [1.82, 2.24) is 5.32 Å². The molecule has 2 N–H and O–H groups in total. The van der Waals surface area contributed by atoms with Gasteiger partial charge in [-0.05, 0) is 32.4 Å². The van der Waals surface area contributed by atoms with Gasteiger partial charge in [-0.15, -0.1) is 0 Å². The monoisotopic (exact) mass is 295 g/mol. The average Bonchev–Trinajstić information content (AvgIpc) is 2.83. The maximum Gasteiger partial charge on any atom is 0.123 e. The topological polar surface area (TPSA) is 60.0 Å². The Kier molecular flexibility index (Phi) is 5.45. The molecule has 1 aromatic rings. The van der Waals surface area contributed by atoms with E-state index in [1.807, 2.05) is 18.2 Å². The quantitative estimate of drug-likeness (QED) is 0.800. The van der Waals surface area contributed by atoms with Gasteiger partial charge < -0.3 is 24.6 Å². The lowest BCUT2D eigenvalue weighted by molar-refractivity contribution is 0.0686. The second-order valence-corrected chi connectivity index (χ2v) is 5.71. The molecule has 21 heavy (non-hydrogen) atoms. The number of hydrogen-bond acceptors (Lipinski definition) is 5. The van der Waals surface area contributed by atoms with Gasteiger partial charge in [-0.25, -0.2) is 0 Å². The van der Waals surface area contributed by atoms with Gasteiger partial charge in [0.15, 0.2) is 0 Å². The number of methoxy groups -OCH3 is 1. The normalized spacial score (nSPS) is 26.6. The molecule has 0 aromatic heterocycles. The minimum Gasteiger partial charge on any atom is -0.497 e. The molecule has 1 heterocycles. The molecule has 3 unspecified atom stereocenters. The van der Waals surface area contributed by atoms with E-state index < -0.39 is 6.10 Å². The van der Waals surface area contributed by atoms with E-state index in [0.717, 1.165) is 18.8 Å². The van der Waals surface area contributed by atoms with Crippen molar-refractivity contribution >= 4 is 0 Å². The molecule has 1 aliphatic rings. The first-order valence-electron chi connectivity index (χ1n) is 7.35. The van der Waals surface area contributed by atoms with E-state index in [4.69, 9.17) is 14.2 Å². The van der Waals surface area contributed by atoms with Gasteiger partial charge in [0, 0.05) is 24.8 Å². The second kappa shape index (κ2) is 7.11. The first-order valence-corrected chi connectivity index (χ1v) is 7.35. The third-order valence-electron chi connectivity index (χ3n) is 4.11. The van der Waals surface area contributed by atoms with Gasteiger partial charge in [-0.2, -0.15) is 0 Å². The third kappa shape index (κ3) is 4.33. The SMILES string of the molecule is COc1cccc(OCC(O)CNC2(C)CCOC2C)c1. The van der Waals surface area contributed by atoms with Gasteiger partial charge in [0.2, 0.25) is 0 Å². The van der Waals surface area contributed by atoms with Crippen LogP contribution < -0.4 is 14.8 Å².